The maximum absolute atomic E-state index is 10.6. The normalized spacial score (nSPS) is 16.6. The maximum Gasteiger partial charge on any atom is 0.490 e. The first-order valence-electron chi connectivity index (χ1n) is 11.8. The third kappa shape index (κ3) is 14.1. The van der Waals surface area contributed by atoms with Crippen LogP contribution in [0, 0.1) is 5.92 Å². The van der Waals surface area contributed by atoms with Gasteiger partial charge in [-0.3, -0.25) is 14.6 Å². The highest BCUT2D eigenvalue weighted by molar-refractivity contribution is 5.73. The second kappa shape index (κ2) is 15.4. The van der Waals surface area contributed by atoms with E-state index in [0.717, 1.165) is 24.8 Å². The third-order valence-corrected chi connectivity index (χ3v) is 5.41. The molecule has 0 bridgehead atoms. The number of hydrogen-bond donors (Lipinski definition) is 3. The quantitative estimate of drug-likeness (QED) is 0.407. The van der Waals surface area contributed by atoms with Crippen molar-refractivity contribution in [2.24, 2.45) is 13.0 Å². The predicted molar refractivity (Wildman–Crippen MR) is 125 cm³/mol. The van der Waals surface area contributed by atoms with Gasteiger partial charge in [-0.1, -0.05) is 0 Å². The fourth-order valence-corrected chi connectivity index (χ4v) is 3.28. The number of fused-ring (bicyclic) bond motifs is 1. The molecule has 0 aromatic carbocycles. The highest BCUT2D eigenvalue weighted by Crippen LogP contribution is 2.34. The number of hydrogen-bond acceptors (Lipinski definition) is 7. The van der Waals surface area contributed by atoms with Gasteiger partial charge in [-0.05, 0) is 30.9 Å². The van der Waals surface area contributed by atoms with Crippen LogP contribution in [0.5, 0.6) is 5.75 Å². The molecule has 20 heteroatoms. The molecule has 0 saturated heterocycles. The molecule has 2 aliphatic rings. The Balaban J connectivity index is 0.000000363. The standard InChI is InChI=1S/C17H22N4O.3C2HF3O2/c1-20-17-11-21(9-13-4-5-13)10-14(16(17)8-19-20)12-22-15-3-2-6-18-7-15;3*3-2(4,5)1(6)7/h2-3,6-8,13-14H,4-5,9-12H2,1H3;3*(H,6,7). The molecule has 3 N–H and O–H groups in total. The summed E-state index contributed by atoms with van der Waals surface area (Å²) in [5.74, 6) is -6.13. The van der Waals surface area contributed by atoms with Crippen LogP contribution >= 0.6 is 0 Å². The first-order valence-corrected chi connectivity index (χ1v) is 11.8. The van der Waals surface area contributed by atoms with Gasteiger partial charge >= 0.3 is 36.4 Å². The summed E-state index contributed by atoms with van der Waals surface area (Å²) < 4.78 is 103. The van der Waals surface area contributed by atoms with Gasteiger partial charge in [-0.2, -0.15) is 44.6 Å². The SMILES string of the molecule is Cn1ncc2c1CN(CC1CC1)CC2COc1cccnc1.O=C(O)C(F)(F)F.O=C(O)C(F)(F)F.O=C(O)C(F)(F)F. The largest absolute Gasteiger partial charge is 0.491 e. The molecule has 1 fully saturated rings. The van der Waals surface area contributed by atoms with E-state index in [1.165, 1.54) is 30.6 Å². The van der Waals surface area contributed by atoms with Crippen molar-refractivity contribution in [3.05, 3.63) is 42.0 Å². The topological polar surface area (TPSA) is 155 Å². The molecule has 0 radical (unpaired) electrons. The van der Waals surface area contributed by atoms with Crippen molar-refractivity contribution in [1.82, 2.24) is 19.7 Å². The number of rotatable bonds is 5. The average Bonchev–Trinajstić information content (AvgIpc) is 3.62. The van der Waals surface area contributed by atoms with E-state index in [1.54, 1.807) is 12.4 Å². The Morgan fingerprint density at radius 1 is 0.907 bits per heavy atom. The van der Waals surface area contributed by atoms with Crippen molar-refractivity contribution < 1.29 is 74.0 Å². The van der Waals surface area contributed by atoms with Crippen molar-refractivity contribution in [1.29, 1.82) is 0 Å². The molecule has 11 nitrogen and oxygen atoms in total. The summed E-state index contributed by atoms with van der Waals surface area (Å²) in [5.41, 5.74) is 2.69. The van der Waals surface area contributed by atoms with Crippen LogP contribution in [0.25, 0.3) is 0 Å². The molecule has 2 aromatic heterocycles. The number of halogens is 9. The Hall–Kier alpha value is -4.10. The zero-order valence-corrected chi connectivity index (χ0v) is 21.9. The number of aromatic nitrogens is 3. The van der Waals surface area contributed by atoms with E-state index in [0.29, 0.717) is 12.5 Å². The van der Waals surface area contributed by atoms with Crippen LogP contribution < -0.4 is 4.74 Å². The van der Waals surface area contributed by atoms with Crippen LogP contribution in [0.15, 0.2) is 30.7 Å². The van der Waals surface area contributed by atoms with Crippen molar-refractivity contribution in [2.45, 2.75) is 43.8 Å². The molecule has 1 atom stereocenters. The van der Waals surface area contributed by atoms with Gasteiger partial charge in [-0.15, -0.1) is 0 Å². The minimum absolute atomic E-state index is 0.386. The van der Waals surface area contributed by atoms with Crippen LogP contribution in [0.3, 0.4) is 0 Å². The minimum Gasteiger partial charge on any atom is -0.491 e. The van der Waals surface area contributed by atoms with E-state index in [2.05, 4.69) is 15.0 Å². The van der Waals surface area contributed by atoms with Crippen molar-refractivity contribution >= 4 is 17.9 Å². The zero-order chi connectivity index (χ0) is 33.2. The summed E-state index contributed by atoms with van der Waals surface area (Å²) in [6, 6.07) is 3.87. The lowest BCUT2D eigenvalue weighted by molar-refractivity contribution is -0.193. The van der Waals surface area contributed by atoms with E-state index in [4.69, 9.17) is 34.4 Å². The Labute approximate surface area is 236 Å². The van der Waals surface area contributed by atoms with E-state index in [-0.39, 0.29) is 0 Å². The Kier molecular flexibility index (Phi) is 13.2. The van der Waals surface area contributed by atoms with Gasteiger partial charge in [0.1, 0.15) is 5.75 Å². The Bertz CT molecular complexity index is 1140. The van der Waals surface area contributed by atoms with Gasteiger partial charge in [0.15, 0.2) is 0 Å². The fraction of sp³-hybridized carbons (Fsp3) is 0.522. The molecule has 0 amide bonds. The number of pyridine rings is 1. The predicted octanol–water partition coefficient (Wildman–Crippen LogP) is 4.10. The Morgan fingerprint density at radius 2 is 1.40 bits per heavy atom. The molecule has 1 aliphatic heterocycles. The lowest BCUT2D eigenvalue weighted by atomic mass is 9.95. The lowest BCUT2D eigenvalue weighted by Crippen LogP contribution is -2.37. The lowest BCUT2D eigenvalue weighted by Gasteiger charge is -2.33. The number of nitrogens with zero attached hydrogens (tertiary/aromatic N) is 4. The molecule has 43 heavy (non-hydrogen) atoms. The zero-order valence-electron chi connectivity index (χ0n) is 21.9. The van der Waals surface area contributed by atoms with E-state index < -0.39 is 36.4 Å². The van der Waals surface area contributed by atoms with Crippen molar-refractivity contribution in [2.75, 3.05) is 19.7 Å². The fourth-order valence-electron chi connectivity index (χ4n) is 3.28. The monoisotopic (exact) mass is 640 g/mol. The van der Waals surface area contributed by atoms with Gasteiger partial charge in [0, 0.05) is 44.4 Å². The van der Waals surface area contributed by atoms with Crippen molar-refractivity contribution in [3.63, 3.8) is 0 Å². The summed E-state index contributed by atoms with van der Waals surface area (Å²) in [7, 11) is 2.04. The highest BCUT2D eigenvalue weighted by atomic mass is 19.4. The molecular formula is C23H25F9N4O7. The first kappa shape index (κ1) is 36.9. The van der Waals surface area contributed by atoms with Crippen LogP contribution in [-0.2, 0) is 28.0 Å². The minimum atomic E-state index is -5.08. The smallest absolute Gasteiger partial charge is 0.490 e. The average molecular weight is 640 g/mol. The van der Waals surface area contributed by atoms with E-state index in [1.807, 2.05) is 30.1 Å². The summed E-state index contributed by atoms with van der Waals surface area (Å²) in [5, 5.41) is 25.8. The summed E-state index contributed by atoms with van der Waals surface area (Å²) in [6.07, 6.45) is -6.91. The molecule has 3 heterocycles. The molecular weight excluding hydrogens is 615 g/mol. The molecule has 1 saturated carbocycles. The number of carbonyl (C=O) groups is 3. The molecule has 1 unspecified atom stereocenters. The molecule has 242 valence electrons. The molecule has 2 aromatic rings. The van der Waals surface area contributed by atoms with Crippen LogP contribution in [0.2, 0.25) is 0 Å². The van der Waals surface area contributed by atoms with Gasteiger partial charge in [-0.25, -0.2) is 14.4 Å². The van der Waals surface area contributed by atoms with E-state index >= 15 is 0 Å². The summed E-state index contributed by atoms with van der Waals surface area (Å²) in [6.45, 7) is 3.99. The number of carboxylic acids is 3. The Morgan fingerprint density at radius 3 is 1.79 bits per heavy atom. The number of alkyl halides is 9. The number of aliphatic carboxylic acids is 3. The number of carboxylic acid groups (broad SMARTS) is 3. The first-order chi connectivity index (χ1) is 19.6. The van der Waals surface area contributed by atoms with Gasteiger partial charge < -0.3 is 20.1 Å². The van der Waals surface area contributed by atoms with Gasteiger partial charge in [0.25, 0.3) is 0 Å². The van der Waals surface area contributed by atoms with Gasteiger partial charge in [0.05, 0.1) is 24.7 Å². The van der Waals surface area contributed by atoms with E-state index in [9.17, 15) is 39.5 Å². The van der Waals surface area contributed by atoms with Crippen molar-refractivity contribution in [3.8, 4) is 5.75 Å². The van der Waals surface area contributed by atoms with Crippen LogP contribution in [0.4, 0.5) is 39.5 Å². The second-order valence-corrected chi connectivity index (χ2v) is 8.91. The summed E-state index contributed by atoms with van der Waals surface area (Å²) >= 11 is 0. The number of ether oxygens (including phenoxy) is 1. The van der Waals surface area contributed by atoms with Crippen LogP contribution in [-0.4, -0.2) is 91.1 Å². The third-order valence-electron chi connectivity index (χ3n) is 5.41. The maximum atomic E-state index is 10.6. The number of aryl methyl sites for hydroxylation is 1. The summed E-state index contributed by atoms with van der Waals surface area (Å²) in [4.78, 5) is 33.4. The molecule has 1 aliphatic carbocycles. The van der Waals surface area contributed by atoms with Crippen LogP contribution in [0.1, 0.15) is 30.0 Å². The molecule has 4 rings (SSSR count). The second-order valence-electron chi connectivity index (χ2n) is 8.91. The van der Waals surface area contributed by atoms with Gasteiger partial charge in [0.2, 0.25) is 0 Å². The highest BCUT2D eigenvalue weighted by Gasteiger charge is 2.39. The molecule has 0 spiro atoms.